The largest absolute Gasteiger partial charge is 0.351 e. The summed E-state index contributed by atoms with van der Waals surface area (Å²) in [4.78, 5) is 11.9. The van der Waals surface area contributed by atoms with E-state index in [1.54, 1.807) is 11.8 Å². The highest BCUT2D eigenvalue weighted by Crippen LogP contribution is 2.23. The van der Waals surface area contributed by atoms with Gasteiger partial charge >= 0.3 is 0 Å². The summed E-state index contributed by atoms with van der Waals surface area (Å²) in [6.45, 7) is 2.72. The molecule has 0 radical (unpaired) electrons. The van der Waals surface area contributed by atoms with E-state index in [4.69, 9.17) is 0 Å². The molecule has 3 nitrogen and oxygen atoms in total. The third-order valence-electron chi connectivity index (χ3n) is 2.76. The van der Waals surface area contributed by atoms with E-state index in [1.807, 2.05) is 11.8 Å². The van der Waals surface area contributed by atoms with E-state index in [-0.39, 0.29) is 11.2 Å². The average Bonchev–Trinajstić information content (AvgIpc) is 2.38. The van der Waals surface area contributed by atoms with Crippen molar-refractivity contribution in [2.45, 2.75) is 11.7 Å². The summed E-state index contributed by atoms with van der Waals surface area (Å²) >= 11 is 3.68. The van der Waals surface area contributed by atoms with E-state index < -0.39 is 0 Å². The molecular weight excluding hydrogens is 240 g/mol. The molecule has 1 amide bonds. The molecule has 2 heterocycles. The lowest BCUT2D eigenvalue weighted by molar-refractivity contribution is -0.120. The summed E-state index contributed by atoms with van der Waals surface area (Å²) in [7, 11) is 0. The van der Waals surface area contributed by atoms with Crippen LogP contribution in [0.1, 0.15) is 6.42 Å². The Morgan fingerprint density at radius 1 is 1.56 bits per heavy atom. The van der Waals surface area contributed by atoms with Gasteiger partial charge in [0.15, 0.2) is 0 Å². The van der Waals surface area contributed by atoms with Crippen LogP contribution < -0.4 is 10.6 Å². The van der Waals surface area contributed by atoms with Gasteiger partial charge in [0.25, 0.3) is 0 Å². The molecule has 16 heavy (non-hydrogen) atoms. The van der Waals surface area contributed by atoms with Crippen LogP contribution in [-0.2, 0) is 4.79 Å². The molecule has 0 spiro atoms. The molecule has 1 saturated heterocycles. The van der Waals surface area contributed by atoms with E-state index in [0.29, 0.717) is 0 Å². The molecule has 2 N–H and O–H groups in total. The molecule has 1 unspecified atom stereocenters. The molecule has 0 bridgehead atoms. The topological polar surface area (TPSA) is 41.1 Å². The van der Waals surface area contributed by atoms with Crippen molar-refractivity contribution in [3.63, 3.8) is 0 Å². The van der Waals surface area contributed by atoms with Gasteiger partial charge < -0.3 is 10.6 Å². The first-order valence-corrected chi connectivity index (χ1v) is 7.92. The fraction of sp³-hybridized carbons (Fsp3) is 0.727. The maximum atomic E-state index is 11.9. The van der Waals surface area contributed by atoms with Crippen LogP contribution in [0.25, 0.3) is 0 Å². The number of thioether (sulfide) groups is 2. The SMILES string of the molecule is O=C(NCC1=CCNCC1)C1CSCCS1. The Kier molecular flexibility index (Phi) is 5.06. The molecule has 1 atom stereocenters. The molecule has 2 rings (SSSR count). The zero-order chi connectivity index (χ0) is 11.2. The Morgan fingerprint density at radius 3 is 3.19 bits per heavy atom. The number of nitrogens with one attached hydrogen (secondary N) is 2. The van der Waals surface area contributed by atoms with Crippen molar-refractivity contribution in [1.29, 1.82) is 0 Å². The van der Waals surface area contributed by atoms with Gasteiger partial charge in [0.1, 0.15) is 0 Å². The number of amides is 1. The van der Waals surface area contributed by atoms with Gasteiger partial charge in [0.05, 0.1) is 5.25 Å². The summed E-state index contributed by atoms with van der Waals surface area (Å²) in [6, 6.07) is 0. The van der Waals surface area contributed by atoms with Gasteiger partial charge in [-0.05, 0) is 13.0 Å². The minimum atomic E-state index is 0.168. The van der Waals surface area contributed by atoms with Gasteiger partial charge in [-0.2, -0.15) is 11.8 Å². The number of carbonyl (C=O) groups is 1. The second kappa shape index (κ2) is 6.57. The van der Waals surface area contributed by atoms with E-state index in [2.05, 4.69) is 16.7 Å². The summed E-state index contributed by atoms with van der Waals surface area (Å²) in [5.41, 5.74) is 1.36. The molecule has 0 aliphatic carbocycles. The average molecular weight is 258 g/mol. The first-order valence-electron chi connectivity index (χ1n) is 5.72. The first-order chi connectivity index (χ1) is 7.86. The summed E-state index contributed by atoms with van der Waals surface area (Å²) in [5.74, 6) is 3.48. The van der Waals surface area contributed by atoms with Crippen LogP contribution in [0.4, 0.5) is 0 Å². The number of hydrogen-bond donors (Lipinski definition) is 2. The van der Waals surface area contributed by atoms with Crippen LogP contribution >= 0.6 is 23.5 Å². The van der Waals surface area contributed by atoms with E-state index >= 15 is 0 Å². The predicted octanol–water partition coefficient (Wildman–Crippen LogP) is 0.871. The van der Waals surface area contributed by atoms with Gasteiger partial charge in [-0.25, -0.2) is 0 Å². The third kappa shape index (κ3) is 3.71. The van der Waals surface area contributed by atoms with E-state index in [1.165, 1.54) is 11.3 Å². The molecule has 2 aliphatic heterocycles. The molecule has 0 saturated carbocycles. The smallest absolute Gasteiger partial charge is 0.234 e. The number of hydrogen-bond acceptors (Lipinski definition) is 4. The van der Waals surface area contributed by atoms with Crippen molar-refractivity contribution in [1.82, 2.24) is 10.6 Å². The Hall–Kier alpha value is -0.130. The Balaban J connectivity index is 1.72. The van der Waals surface area contributed by atoms with Gasteiger partial charge in [-0.3, -0.25) is 4.79 Å². The summed E-state index contributed by atoms with van der Waals surface area (Å²) < 4.78 is 0. The standard InChI is InChI=1S/C11H18N2OS2/c14-11(10-8-15-5-6-16-10)13-7-9-1-3-12-4-2-9/h1,10,12H,2-8H2,(H,13,14). The quantitative estimate of drug-likeness (QED) is 0.737. The Bertz CT molecular complexity index is 275. The summed E-state index contributed by atoms with van der Waals surface area (Å²) in [5, 5.41) is 6.49. The highest BCUT2D eigenvalue weighted by Gasteiger charge is 2.21. The molecule has 90 valence electrons. The van der Waals surface area contributed by atoms with E-state index in [9.17, 15) is 4.79 Å². The van der Waals surface area contributed by atoms with Crippen LogP contribution in [-0.4, -0.2) is 48.0 Å². The van der Waals surface area contributed by atoms with Gasteiger partial charge in [0, 0.05) is 30.3 Å². The molecule has 1 fully saturated rings. The lowest BCUT2D eigenvalue weighted by Gasteiger charge is -2.21. The maximum Gasteiger partial charge on any atom is 0.234 e. The first kappa shape index (κ1) is 12.3. The lowest BCUT2D eigenvalue weighted by Crippen LogP contribution is -2.37. The zero-order valence-corrected chi connectivity index (χ0v) is 11.0. The second-order valence-corrected chi connectivity index (χ2v) is 6.43. The fourth-order valence-electron chi connectivity index (χ4n) is 1.78. The molecule has 2 aliphatic rings. The minimum absolute atomic E-state index is 0.168. The Morgan fingerprint density at radius 2 is 2.50 bits per heavy atom. The number of rotatable bonds is 3. The Labute approximate surface area is 105 Å². The molecular formula is C11H18N2OS2. The van der Waals surface area contributed by atoms with Gasteiger partial charge in [-0.1, -0.05) is 11.6 Å². The van der Waals surface area contributed by atoms with E-state index in [0.717, 1.165) is 37.6 Å². The molecule has 0 aromatic carbocycles. The highest BCUT2D eigenvalue weighted by molar-refractivity contribution is 8.07. The van der Waals surface area contributed by atoms with Crippen molar-refractivity contribution in [2.24, 2.45) is 0 Å². The molecule has 0 aromatic rings. The van der Waals surface area contributed by atoms with Gasteiger partial charge in [-0.15, -0.1) is 11.8 Å². The van der Waals surface area contributed by atoms with Crippen LogP contribution in [0, 0.1) is 0 Å². The summed E-state index contributed by atoms with van der Waals surface area (Å²) in [6.07, 6.45) is 3.25. The minimum Gasteiger partial charge on any atom is -0.351 e. The zero-order valence-electron chi connectivity index (χ0n) is 9.33. The van der Waals surface area contributed by atoms with Crippen LogP contribution in [0.5, 0.6) is 0 Å². The van der Waals surface area contributed by atoms with Crippen LogP contribution in [0.3, 0.4) is 0 Å². The lowest BCUT2D eigenvalue weighted by atomic mass is 10.1. The third-order valence-corrected chi connectivity index (χ3v) is 5.51. The second-order valence-electron chi connectivity index (χ2n) is 3.97. The van der Waals surface area contributed by atoms with Crippen molar-refractivity contribution < 1.29 is 4.79 Å². The fourth-order valence-corrected chi connectivity index (χ4v) is 4.36. The van der Waals surface area contributed by atoms with Crippen molar-refractivity contribution >= 4 is 29.4 Å². The monoisotopic (exact) mass is 258 g/mol. The van der Waals surface area contributed by atoms with Gasteiger partial charge in [0.2, 0.25) is 5.91 Å². The normalized spacial score (nSPS) is 26.0. The van der Waals surface area contributed by atoms with Crippen molar-refractivity contribution in [3.8, 4) is 0 Å². The number of carbonyl (C=O) groups excluding carboxylic acids is 1. The molecule has 5 heteroatoms. The van der Waals surface area contributed by atoms with Crippen LogP contribution in [0.15, 0.2) is 11.6 Å². The molecule has 0 aromatic heterocycles. The van der Waals surface area contributed by atoms with Crippen molar-refractivity contribution in [2.75, 3.05) is 36.9 Å². The van der Waals surface area contributed by atoms with Crippen LogP contribution in [0.2, 0.25) is 0 Å². The highest BCUT2D eigenvalue weighted by atomic mass is 32.2. The maximum absolute atomic E-state index is 11.9. The van der Waals surface area contributed by atoms with Crippen molar-refractivity contribution in [3.05, 3.63) is 11.6 Å². The predicted molar refractivity (Wildman–Crippen MR) is 72.2 cm³/mol.